The predicted octanol–water partition coefficient (Wildman–Crippen LogP) is 2.29. The summed E-state index contributed by atoms with van der Waals surface area (Å²) in [6.45, 7) is 5.12. The Bertz CT molecular complexity index is 906. The van der Waals surface area contributed by atoms with Gasteiger partial charge in [0, 0.05) is 19.0 Å². The summed E-state index contributed by atoms with van der Waals surface area (Å²) in [6.07, 6.45) is 3.29. The summed E-state index contributed by atoms with van der Waals surface area (Å²) in [6, 6.07) is 7.91. The van der Waals surface area contributed by atoms with Gasteiger partial charge in [0.1, 0.15) is 0 Å². The van der Waals surface area contributed by atoms with Crippen molar-refractivity contribution in [1.29, 1.82) is 0 Å². The maximum atomic E-state index is 12.7. The van der Waals surface area contributed by atoms with Crippen molar-refractivity contribution in [2.45, 2.75) is 32.6 Å². The second-order valence-electron chi connectivity index (χ2n) is 6.63. The number of nitrogens with zero attached hydrogens (tertiary/aromatic N) is 6. The third-order valence-corrected chi connectivity index (χ3v) is 4.69. The molecule has 1 amide bonds. The Labute approximate surface area is 150 Å². The summed E-state index contributed by atoms with van der Waals surface area (Å²) in [4.78, 5) is 18.8. The van der Waals surface area contributed by atoms with Crippen molar-refractivity contribution in [2.75, 3.05) is 13.1 Å². The highest BCUT2D eigenvalue weighted by Gasteiger charge is 2.28. The Hall–Kier alpha value is -3.03. The first-order chi connectivity index (χ1) is 12.6. The maximum Gasteiger partial charge on any atom is 0.276 e. The van der Waals surface area contributed by atoms with Gasteiger partial charge < -0.3 is 9.42 Å². The van der Waals surface area contributed by atoms with Crippen LogP contribution in [0.2, 0.25) is 0 Å². The van der Waals surface area contributed by atoms with Crippen LogP contribution in [0.4, 0.5) is 0 Å². The standard InChI is InChI=1S/C18H20N6O2/c1-12-3-5-15(6-4-12)24-11-16(20-22-24)18(25)23-9-7-14(8-10-23)17-19-13(2)21-26-17/h3-6,11,14H,7-10H2,1-2H3. The molecule has 0 aliphatic carbocycles. The molecule has 26 heavy (non-hydrogen) atoms. The Balaban J connectivity index is 1.42. The monoisotopic (exact) mass is 352 g/mol. The Kier molecular flexibility index (Phi) is 4.24. The fraction of sp³-hybridized carbons (Fsp3) is 0.389. The zero-order chi connectivity index (χ0) is 18.1. The van der Waals surface area contributed by atoms with Crippen molar-refractivity contribution >= 4 is 5.91 Å². The van der Waals surface area contributed by atoms with Crippen LogP contribution >= 0.6 is 0 Å². The van der Waals surface area contributed by atoms with E-state index in [4.69, 9.17) is 4.52 Å². The second kappa shape index (κ2) is 6.70. The molecule has 1 saturated heterocycles. The lowest BCUT2D eigenvalue weighted by molar-refractivity contribution is 0.0698. The van der Waals surface area contributed by atoms with Gasteiger partial charge in [0.2, 0.25) is 5.89 Å². The van der Waals surface area contributed by atoms with Gasteiger partial charge in [0.05, 0.1) is 11.9 Å². The summed E-state index contributed by atoms with van der Waals surface area (Å²) in [5.41, 5.74) is 2.41. The van der Waals surface area contributed by atoms with Crippen molar-refractivity contribution < 1.29 is 9.32 Å². The number of hydrogen-bond donors (Lipinski definition) is 0. The molecule has 0 saturated carbocycles. The topological polar surface area (TPSA) is 89.9 Å². The number of likely N-dealkylation sites (tertiary alicyclic amines) is 1. The van der Waals surface area contributed by atoms with E-state index in [0.29, 0.717) is 30.5 Å². The summed E-state index contributed by atoms with van der Waals surface area (Å²) in [5, 5.41) is 12.0. The molecule has 0 N–H and O–H groups in total. The summed E-state index contributed by atoms with van der Waals surface area (Å²) >= 11 is 0. The third kappa shape index (κ3) is 3.22. The molecule has 3 heterocycles. The molecular weight excluding hydrogens is 332 g/mol. The minimum absolute atomic E-state index is 0.0940. The quantitative estimate of drug-likeness (QED) is 0.718. The number of piperidine rings is 1. The van der Waals surface area contributed by atoms with Crippen LogP contribution in [0.3, 0.4) is 0 Å². The molecule has 2 aromatic heterocycles. The van der Waals surface area contributed by atoms with Crippen LogP contribution in [0.15, 0.2) is 35.0 Å². The Morgan fingerprint density at radius 3 is 2.54 bits per heavy atom. The van der Waals surface area contributed by atoms with Crippen LogP contribution in [0.1, 0.15) is 46.5 Å². The smallest absolute Gasteiger partial charge is 0.276 e. The minimum atomic E-state index is -0.0940. The van der Waals surface area contributed by atoms with E-state index in [9.17, 15) is 4.79 Å². The van der Waals surface area contributed by atoms with Crippen LogP contribution in [0, 0.1) is 13.8 Å². The van der Waals surface area contributed by atoms with Gasteiger partial charge >= 0.3 is 0 Å². The Morgan fingerprint density at radius 2 is 1.88 bits per heavy atom. The number of aromatic nitrogens is 5. The van der Waals surface area contributed by atoms with E-state index in [-0.39, 0.29) is 11.8 Å². The molecule has 4 rings (SSSR count). The molecule has 0 atom stereocenters. The van der Waals surface area contributed by atoms with Crippen molar-refractivity contribution in [3.05, 3.63) is 53.4 Å². The van der Waals surface area contributed by atoms with E-state index in [2.05, 4.69) is 20.5 Å². The van der Waals surface area contributed by atoms with Gasteiger partial charge in [-0.3, -0.25) is 4.79 Å². The van der Waals surface area contributed by atoms with Crippen molar-refractivity contribution in [3.63, 3.8) is 0 Å². The molecule has 0 radical (unpaired) electrons. The van der Waals surface area contributed by atoms with Crippen LogP contribution in [0.5, 0.6) is 0 Å². The molecule has 1 aliphatic heterocycles. The zero-order valence-corrected chi connectivity index (χ0v) is 14.8. The fourth-order valence-corrected chi connectivity index (χ4v) is 3.16. The molecule has 3 aromatic rings. The number of benzene rings is 1. The average molecular weight is 352 g/mol. The number of carbonyl (C=O) groups is 1. The van der Waals surface area contributed by atoms with Gasteiger partial charge in [-0.1, -0.05) is 28.1 Å². The first kappa shape index (κ1) is 16.4. The van der Waals surface area contributed by atoms with E-state index in [1.807, 2.05) is 43.0 Å². The van der Waals surface area contributed by atoms with E-state index >= 15 is 0 Å². The summed E-state index contributed by atoms with van der Waals surface area (Å²) < 4.78 is 6.88. The molecule has 0 bridgehead atoms. The number of rotatable bonds is 3. The highest BCUT2D eigenvalue weighted by Crippen LogP contribution is 2.27. The molecule has 0 unspecified atom stereocenters. The zero-order valence-electron chi connectivity index (χ0n) is 14.8. The Morgan fingerprint density at radius 1 is 1.15 bits per heavy atom. The van der Waals surface area contributed by atoms with Crippen molar-refractivity contribution in [3.8, 4) is 5.69 Å². The van der Waals surface area contributed by atoms with Crippen LogP contribution < -0.4 is 0 Å². The minimum Gasteiger partial charge on any atom is -0.339 e. The predicted molar refractivity (Wildman–Crippen MR) is 93.0 cm³/mol. The molecular formula is C18H20N6O2. The molecule has 0 spiro atoms. The van der Waals surface area contributed by atoms with Gasteiger partial charge in [-0.2, -0.15) is 4.98 Å². The van der Waals surface area contributed by atoms with Gasteiger partial charge in [-0.15, -0.1) is 5.10 Å². The van der Waals surface area contributed by atoms with E-state index in [0.717, 1.165) is 18.5 Å². The number of hydrogen-bond acceptors (Lipinski definition) is 6. The van der Waals surface area contributed by atoms with Gasteiger partial charge in [0.25, 0.3) is 5.91 Å². The van der Waals surface area contributed by atoms with Crippen LogP contribution in [-0.4, -0.2) is 49.0 Å². The van der Waals surface area contributed by atoms with Gasteiger partial charge in [-0.25, -0.2) is 4.68 Å². The first-order valence-electron chi connectivity index (χ1n) is 8.69. The number of aryl methyl sites for hydroxylation is 2. The lowest BCUT2D eigenvalue weighted by atomic mass is 9.96. The normalized spacial score (nSPS) is 15.4. The van der Waals surface area contributed by atoms with Crippen molar-refractivity contribution in [2.24, 2.45) is 0 Å². The summed E-state index contributed by atoms with van der Waals surface area (Å²) in [7, 11) is 0. The highest BCUT2D eigenvalue weighted by molar-refractivity contribution is 5.92. The molecule has 134 valence electrons. The highest BCUT2D eigenvalue weighted by atomic mass is 16.5. The fourth-order valence-electron chi connectivity index (χ4n) is 3.16. The van der Waals surface area contributed by atoms with E-state index in [1.165, 1.54) is 5.56 Å². The van der Waals surface area contributed by atoms with Crippen molar-refractivity contribution in [1.82, 2.24) is 30.0 Å². The molecule has 8 nitrogen and oxygen atoms in total. The second-order valence-corrected chi connectivity index (χ2v) is 6.63. The lowest BCUT2D eigenvalue weighted by Crippen LogP contribution is -2.38. The average Bonchev–Trinajstić information content (AvgIpc) is 3.31. The van der Waals surface area contributed by atoms with Gasteiger partial charge in [0.15, 0.2) is 11.5 Å². The first-order valence-corrected chi connectivity index (χ1v) is 8.69. The van der Waals surface area contributed by atoms with Crippen LogP contribution in [-0.2, 0) is 0 Å². The molecule has 1 aliphatic rings. The maximum absolute atomic E-state index is 12.7. The van der Waals surface area contributed by atoms with Gasteiger partial charge in [-0.05, 0) is 38.8 Å². The molecule has 8 heteroatoms. The third-order valence-electron chi connectivity index (χ3n) is 4.69. The molecule has 1 aromatic carbocycles. The summed E-state index contributed by atoms with van der Waals surface area (Å²) in [5.74, 6) is 1.43. The number of carbonyl (C=O) groups excluding carboxylic acids is 1. The number of amides is 1. The SMILES string of the molecule is Cc1ccc(-n2cc(C(=O)N3CCC(c4nc(C)no4)CC3)nn2)cc1. The van der Waals surface area contributed by atoms with E-state index < -0.39 is 0 Å². The largest absolute Gasteiger partial charge is 0.339 e. The molecule has 1 fully saturated rings. The lowest BCUT2D eigenvalue weighted by Gasteiger charge is -2.29. The van der Waals surface area contributed by atoms with Crippen LogP contribution in [0.25, 0.3) is 5.69 Å². The van der Waals surface area contributed by atoms with E-state index in [1.54, 1.807) is 10.9 Å².